The summed E-state index contributed by atoms with van der Waals surface area (Å²) in [6, 6.07) is 13.9. The summed E-state index contributed by atoms with van der Waals surface area (Å²) in [5, 5.41) is 9.17. The van der Waals surface area contributed by atoms with Gasteiger partial charge >= 0.3 is 0 Å². The van der Waals surface area contributed by atoms with Crippen LogP contribution in [0, 0.1) is 0 Å². The van der Waals surface area contributed by atoms with E-state index in [-0.39, 0.29) is 11.8 Å². The molecule has 0 saturated heterocycles. The van der Waals surface area contributed by atoms with Gasteiger partial charge in [-0.05, 0) is 42.0 Å². The second kappa shape index (κ2) is 6.11. The number of aromatic hydroxyl groups is 1. The number of phenols is 1. The van der Waals surface area contributed by atoms with Gasteiger partial charge in [0.1, 0.15) is 23.9 Å². The Kier molecular flexibility index (Phi) is 4.26. The van der Waals surface area contributed by atoms with Crippen LogP contribution in [0.25, 0.3) is 0 Å². The monoisotopic (exact) mass is 259 g/mol. The molecule has 4 heteroatoms. The van der Waals surface area contributed by atoms with E-state index in [0.717, 1.165) is 11.3 Å². The average molecular weight is 259 g/mol. The lowest BCUT2D eigenvalue weighted by atomic mass is 10.1. The van der Waals surface area contributed by atoms with E-state index in [1.165, 1.54) is 0 Å². The zero-order valence-corrected chi connectivity index (χ0v) is 10.7. The molecule has 0 heterocycles. The quantitative estimate of drug-likeness (QED) is 0.865. The van der Waals surface area contributed by atoms with Crippen LogP contribution in [0.2, 0.25) is 0 Å². The van der Waals surface area contributed by atoms with E-state index < -0.39 is 0 Å². The summed E-state index contributed by atoms with van der Waals surface area (Å²) in [5.74, 6) is 1.70. The van der Waals surface area contributed by atoms with Crippen LogP contribution in [0.5, 0.6) is 17.2 Å². The highest BCUT2D eigenvalue weighted by Gasteiger charge is 2.07. The van der Waals surface area contributed by atoms with E-state index in [0.29, 0.717) is 12.4 Å². The molecule has 0 spiro atoms. The van der Waals surface area contributed by atoms with Gasteiger partial charge in [-0.1, -0.05) is 12.1 Å². The number of benzene rings is 2. The third-order valence-corrected chi connectivity index (χ3v) is 2.81. The van der Waals surface area contributed by atoms with E-state index in [9.17, 15) is 0 Å². The van der Waals surface area contributed by atoms with E-state index >= 15 is 0 Å². The fraction of sp³-hybridized carbons (Fsp3) is 0.200. The number of hydrogen-bond donors (Lipinski definition) is 2. The molecule has 0 aromatic heterocycles. The molecule has 0 fully saturated rings. The Morgan fingerprint density at radius 3 is 2.16 bits per heavy atom. The minimum absolute atomic E-state index is 0.209. The zero-order valence-electron chi connectivity index (χ0n) is 10.7. The van der Waals surface area contributed by atoms with Crippen molar-refractivity contribution in [3.05, 3.63) is 54.1 Å². The highest BCUT2D eigenvalue weighted by molar-refractivity contribution is 5.31. The fourth-order valence-corrected chi connectivity index (χ4v) is 1.68. The van der Waals surface area contributed by atoms with Gasteiger partial charge < -0.3 is 20.3 Å². The van der Waals surface area contributed by atoms with Crippen LogP contribution in [0.4, 0.5) is 0 Å². The molecule has 2 rings (SSSR count). The molecule has 1 atom stereocenters. The number of phenolic OH excluding ortho intramolecular Hbond substituents is 1. The normalized spacial score (nSPS) is 11.9. The first-order valence-corrected chi connectivity index (χ1v) is 6.00. The van der Waals surface area contributed by atoms with E-state index in [1.807, 2.05) is 24.3 Å². The summed E-state index contributed by atoms with van der Waals surface area (Å²) < 4.78 is 10.7. The first-order chi connectivity index (χ1) is 9.19. The number of hydrogen-bond acceptors (Lipinski definition) is 4. The van der Waals surface area contributed by atoms with Crippen LogP contribution >= 0.6 is 0 Å². The van der Waals surface area contributed by atoms with Crippen molar-refractivity contribution < 1.29 is 14.6 Å². The number of methoxy groups -OCH3 is 1. The summed E-state index contributed by atoms with van der Waals surface area (Å²) in [7, 11) is 1.63. The van der Waals surface area contributed by atoms with E-state index in [1.54, 1.807) is 31.4 Å². The average Bonchev–Trinajstić information content (AvgIpc) is 2.46. The Hall–Kier alpha value is -2.20. The summed E-state index contributed by atoms with van der Waals surface area (Å²) in [4.78, 5) is 0. The van der Waals surface area contributed by atoms with Crippen LogP contribution in [0.1, 0.15) is 11.6 Å². The van der Waals surface area contributed by atoms with Gasteiger partial charge in [-0.25, -0.2) is 0 Å². The molecule has 19 heavy (non-hydrogen) atoms. The molecular weight excluding hydrogens is 242 g/mol. The SMILES string of the molecule is COc1ccc(C(N)COc2ccc(O)cc2)cc1. The van der Waals surface area contributed by atoms with Crippen LogP contribution in [0.15, 0.2) is 48.5 Å². The van der Waals surface area contributed by atoms with Crippen molar-refractivity contribution >= 4 is 0 Å². The predicted molar refractivity (Wildman–Crippen MR) is 73.5 cm³/mol. The Bertz CT molecular complexity index is 508. The van der Waals surface area contributed by atoms with Crippen molar-refractivity contribution in [1.82, 2.24) is 0 Å². The van der Waals surface area contributed by atoms with E-state index in [2.05, 4.69) is 0 Å². The van der Waals surface area contributed by atoms with Gasteiger partial charge in [0.15, 0.2) is 0 Å². The lowest BCUT2D eigenvalue weighted by Crippen LogP contribution is -2.18. The van der Waals surface area contributed by atoms with Gasteiger partial charge in [0.2, 0.25) is 0 Å². The summed E-state index contributed by atoms with van der Waals surface area (Å²) in [5.41, 5.74) is 7.03. The van der Waals surface area contributed by atoms with Crippen LogP contribution in [0.3, 0.4) is 0 Å². The van der Waals surface area contributed by atoms with Gasteiger partial charge in [-0.2, -0.15) is 0 Å². The third-order valence-electron chi connectivity index (χ3n) is 2.81. The van der Waals surface area contributed by atoms with Crippen LogP contribution in [-0.4, -0.2) is 18.8 Å². The van der Waals surface area contributed by atoms with E-state index in [4.69, 9.17) is 20.3 Å². The maximum Gasteiger partial charge on any atom is 0.119 e. The third kappa shape index (κ3) is 3.63. The number of nitrogens with two attached hydrogens (primary N) is 1. The smallest absolute Gasteiger partial charge is 0.119 e. The van der Waals surface area contributed by atoms with Gasteiger partial charge in [-0.15, -0.1) is 0 Å². The molecule has 0 saturated carbocycles. The van der Waals surface area contributed by atoms with Gasteiger partial charge in [0, 0.05) is 0 Å². The Morgan fingerprint density at radius 1 is 1.00 bits per heavy atom. The lowest BCUT2D eigenvalue weighted by molar-refractivity contribution is 0.290. The summed E-state index contributed by atoms with van der Waals surface area (Å²) in [6.45, 7) is 0.372. The molecule has 0 bridgehead atoms. The number of ether oxygens (including phenoxy) is 2. The highest BCUT2D eigenvalue weighted by Crippen LogP contribution is 2.19. The molecule has 100 valence electrons. The van der Waals surface area contributed by atoms with Gasteiger partial charge in [-0.3, -0.25) is 0 Å². The predicted octanol–water partition coefficient (Wildman–Crippen LogP) is 2.48. The minimum atomic E-state index is -0.209. The Morgan fingerprint density at radius 2 is 1.58 bits per heavy atom. The largest absolute Gasteiger partial charge is 0.508 e. The Balaban J connectivity index is 1.93. The Labute approximate surface area is 112 Å². The molecule has 0 amide bonds. The van der Waals surface area contributed by atoms with Crippen molar-refractivity contribution in [2.75, 3.05) is 13.7 Å². The van der Waals surface area contributed by atoms with Crippen molar-refractivity contribution in [3.63, 3.8) is 0 Å². The van der Waals surface area contributed by atoms with Crippen LogP contribution < -0.4 is 15.2 Å². The summed E-state index contributed by atoms with van der Waals surface area (Å²) >= 11 is 0. The van der Waals surface area contributed by atoms with Crippen molar-refractivity contribution in [1.29, 1.82) is 0 Å². The first kappa shape index (κ1) is 13.2. The molecular formula is C15H17NO3. The maximum absolute atomic E-state index is 9.17. The van der Waals surface area contributed by atoms with Gasteiger partial charge in [0.25, 0.3) is 0 Å². The molecule has 2 aromatic carbocycles. The molecule has 1 unspecified atom stereocenters. The molecule has 3 N–H and O–H groups in total. The molecule has 0 aliphatic heterocycles. The molecule has 0 aliphatic rings. The zero-order chi connectivity index (χ0) is 13.7. The molecule has 4 nitrogen and oxygen atoms in total. The van der Waals surface area contributed by atoms with Crippen molar-refractivity contribution in [2.24, 2.45) is 5.73 Å². The van der Waals surface area contributed by atoms with Crippen molar-refractivity contribution in [3.8, 4) is 17.2 Å². The topological polar surface area (TPSA) is 64.7 Å². The highest BCUT2D eigenvalue weighted by atomic mass is 16.5. The minimum Gasteiger partial charge on any atom is -0.508 e. The summed E-state index contributed by atoms with van der Waals surface area (Å²) in [6.07, 6.45) is 0. The van der Waals surface area contributed by atoms with Gasteiger partial charge in [0.05, 0.1) is 13.2 Å². The maximum atomic E-state index is 9.17. The van der Waals surface area contributed by atoms with Crippen LogP contribution in [-0.2, 0) is 0 Å². The molecule has 2 aromatic rings. The standard InChI is InChI=1S/C15H17NO3/c1-18-13-6-2-11(3-7-13)15(16)10-19-14-8-4-12(17)5-9-14/h2-9,15,17H,10,16H2,1H3. The second-order valence-electron chi connectivity index (χ2n) is 4.18. The van der Waals surface area contributed by atoms with Crippen molar-refractivity contribution in [2.45, 2.75) is 6.04 Å². The number of rotatable bonds is 5. The first-order valence-electron chi connectivity index (χ1n) is 6.00. The fourth-order valence-electron chi connectivity index (χ4n) is 1.68. The molecule has 0 aliphatic carbocycles. The molecule has 0 radical (unpaired) electrons. The second-order valence-corrected chi connectivity index (χ2v) is 4.18. The lowest BCUT2D eigenvalue weighted by Gasteiger charge is -2.14.